The lowest BCUT2D eigenvalue weighted by atomic mass is 10.1. The number of anilines is 2. The molecule has 0 saturated carbocycles. The first-order valence-electron chi connectivity index (χ1n) is 11.7. The molecule has 3 amide bonds. The summed E-state index contributed by atoms with van der Waals surface area (Å²) in [7, 11) is 1.58. The van der Waals surface area contributed by atoms with Gasteiger partial charge in [-0.2, -0.15) is 0 Å². The molecule has 2 N–H and O–H groups in total. The Labute approximate surface area is 205 Å². The normalized spacial score (nSPS) is 15.1. The number of para-hydroxylation sites is 2. The Morgan fingerprint density at radius 1 is 1.00 bits per heavy atom. The van der Waals surface area contributed by atoms with Crippen LogP contribution in [0.15, 0.2) is 72.8 Å². The molecular formula is C28H29N3O4. The van der Waals surface area contributed by atoms with Crippen molar-refractivity contribution >= 4 is 29.1 Å². The average Bonchev–Trinajstić information content (AvgIpc) is 3.29. The van der Waals surface area contributed by atoms with Crippen LogP contribution in [-0.4, -0.2) is 31.4 Å². The Kier molecular flexibility index (Phi) is 7.45. The largest absolute Gasteiger partial charge is 0.496 e. The monoisotopic (exact) mass is 471 g/mol. The maximum atomic E-state index is 13.0. The summed E-state index contributed by atoms with van der Waals surface area (Å²) in [6.07, 6.45) is 1.05. The number of rotatable bonds is 8. The number of nitrogens with zero attached hydrogens (tertiary/aromatic N) is 1. The number of hydrogen-bond acceptors (Lipinski definition) is 4. The van der Waals surface area contributed by atoms with Crippen LogP contribution >= 0.6 is 0 Å². The molecular weight excluding hydrogens is 442 g/mol. The number of ether oxygens (including phenoxy) is 1. The van der Waals surface area contributed by atoms with Crippen molar-refractivity contribution in [2.24, 2.45) is 5.92 Å². The van der Waals surface area contributed by atoms with Gasteiger partial charge in [0.25, 0.3) is 5.91 Å². The standard InChI is InChI=1S/C28H29N3O4/c1-3-19-12-14-22(15-13-19)31-18-21(16-26(31)32)27(33)30-24-10-6-5-9-23(24)28(34)29-17-20-8-4-7-11-25(20)35-2/h4-15,21H,3,16-18H2,1-2H3,(H,29,34)(H,30,33)/t21-/m1/s1. The van der Waals surface area contributed by atoms with Crippen LogP contribution in [0.3, 0.4) is 0 Å². The Bertz CT molecular complexity index is 1220. The Morgan fingerprint density at radius 3 is 2.46 bits per heavy atom. The average molecular weight is 472 g/mol. The van der Waals surface area contributed by atoms with Crippen molar-refractivity contribution < 1.29 is 19.1 Å². The molecule has 0 unspecified atom stereocenters. The molecule has 1 atom stereocenters. The van der Waals surface area contributed by atoms with Gasteiger partial charge in [0.1, 0.15) is 5.75 Å². The van der Waals surface area contributed by atoms with Crippen LogP contribution in [0, 0.1) is 5.92 Å². The number of aryl methyl sites for hydroxylation is 1. The molecule has 0 aliphatic carbocycles. The molecule has 1 aliphatic rings. The van der Waals surface area contributed by atoms with Gasteiger partial charge >= 0.3 is 0 Å². The molecule has 0 radical (unpaired) electrons. The summed E-state index contributed by atoms with van der Waals surface area (Å²) in [5.74, 6) is -0.493. The van der Waals surface area contributed by atoms with E-state index in [9.17, 15) is 14.4 Å². The number of hydrogen-bond donors (Lipinski definition) is 2. The van der Waals surface area contributed by atoms with Crippen LogP contribution in [-0.2, 0) is 22.6 Å². The zero-order valence-electron chi connectivity index (χ0n) is 19.9. The molecule has 0 spiro atoms. The van der Waals surface area contributed by atoms with E-state index in [1.54, 1.807) is 36.3 Å². The first-order chi connectivity index (χ1) is 17.0. The highest BCUT2D eigenvalue weighted by molar-refractivity contribution is 6.07. The van der Waals surface area contributed by atoms with Gasteiger partial charge in [0.2, 0.25) is 11.8 Å². The van der Waals surface area contributed by atoms with Gasteiger partial charge in [-0.3, -0.25) is 14.4 Å². The van der Waals surface area contributed by atoms with Gasteiger partial charge in [0, 0.05) is 30.8 Å². The predicted octanol–water partition coefficient (Wildman–Crippen LogP) is 4.18. The lowest BCUT2D eigenvalue weighted by Gasteiger charge is -2.17. The fourth-order valence-electron chi connectivity index (χ4n) is 4.19. The Hall–Kier alpha value is -4.13. The van der Waals surface area contributed by atoms with Gasteiger partial charge in [-0.15, -0.1) is 0 Å². The van der Waals surface area contributed by atoms with Crippen molar-refractivity contribution in [3.8, 4) is 5.75 Å². The summed E-state index contributed by atoms with van der Waals surface area (Å²) >= 11 is 0. The van der Waals surface area contributed by atoms with E-state index >= 15 is 0 Å². The third kappa shape index (κ3) is 5.51. The summed E-state index contributed by atoms with van der Waals surface area (Å²) in [4.78, 5) is 40.2. The van der Waals surface area contributed by atoms with Crippen molar-refractivity contribution in [3.05, 3.63) is 89.5 Å². The van der Waals surface area contributed by atoms with Crippen molar-refractivity contribution in [2.75, 3.05) is 23.9 Å². The number of benzene rings is 3. The quantitative estimate of drug-likeness (QED) is 0.516. The lowest BCUT2D eigenvalue weighted by Crippen LogP contribution is -2.29. The molecule has 0 aromatic heterocycles. The molecule has 7 heteroatoms. The first-order valence-corrected chi connectivity index (χ1v) is 11.7. The van der Waals surface area contributed by atoms with Gasteiger partial charge < -0.3 is 20.3 Å². The van der Waals surface area contributed by atoms with E-state index < -0.39 is 5.92 Å². The van der Waals surface area contributed by atoms with Crippen LogP contribution in [0.2, 0.25) is 0 Å². The lowest BCUT2D eigenvalue weighted by molar-refractivity contribution is -0.122. The summed E-state index contributed by atoms with van der Waals surface area (Å²) < 4.78 is 5.34. The van der Waals surface area contributed by atoms with Gasteiger partial charge in [0.15, 0.2) is 0 Å². The molecule has 0 bridgehead atoms. The fraction of sp³-hybridized carbons (Fsp3) is 0.250. The van der Waals surface area contributed by atoms with Gasteiger partial charge in [0.05, 0.1) is 24.3 Å². The van der Waals surface area contributed by atoms with Gasteiger partial charge in [-0.25, -0.2) is 0 Å². The Balaban J connectivity index is 1.42. The zero-order valence-corrected chi connectivity index (χ0v) is 19.9. The minimum absolute atomic E-state index is 0.0859. The molecule has 35 heavy (non-hydrogen) atoms. The predicted molar refractivity (Wildman–Crippen MR) is 136 cm³/mol. The second kappa shape index (κ2) is 10.9. The second-order valence-corrected chi connectivity index (χ2v) is 8.45. The summed E-state index contributed by atoms with van der Waals surface area (Å²) in [5.41, 5.74) is 3.59. The fourth-order valence-corrected chi connectivity index (χ4v) is 4.19. The minimum Gasteiger partial charge on any atom is -0.496 e. The topological polar surface area (TPSA) is 87.7 Å². The molecule has 1 heterocycles. The number of methoxy groups -OCH3 is 1. The number of nitrogens with one attached hydrogen (secondary N) is 2. The molecule has 3 aromatic rings. The van der Waals surface area contributed by atoms with Gasteiger partial charge in [-0.05, 0) is 42.3 Å². The molecule has 1 saturated heterocycles. The zero-order chi connectivity index (χ0) is 24.8. The third-order valence-corrected chi connectivity index (χ3v) is 6.21. The molecule has 180 valence electrons. The van der Waals surface area contributed by atoms with E-state index in [1.807, 2.05) is 48.5 Å². The highest BCUT2D eigenvalue weighted by Gasteiger charge is 2.35. The van der Waals surface area contributed by atoms with Crippen LogP contribution in [0.1, 0.15) is 34.8 Å². The van der Waals surface area contributed by atoms with E-state index in [2.05, 4.69) is 17.6 Å². The highest BCUT2D eigenvalue weighted by atomic mass is 16.5. The Morgan fingerprint density at radius 2 is 1.71 bits per heavy atom. The van der Waals surface area contributed by atoms with Crippen molar-refractivity contribution in [1.82, 2.24) is 5.32 Å². The van der Waals surface area contributed by atoms with Crippen molar-refractivity contribution in [1.29, 1.82) is 0 Å². The third-order valence-electron chi connectivity index (χ3n) is 6.21. The molecule has 7 nitrogen and oxygen atoms in total. The maximum absolute atomic E-state index is 13.0. The molecule has 1 aliphatic heterocycles. The van der Waals surface area contributed by atoms with Crippen molar-refractivity contribution in [2.45, 2.75) is 26.3 Å². The summed E-state index contributed by atoms with van der Waals surface area (Å²) in [6.45, 7) is 2.67. The van der Waals surface area contributed by atoms with Crippen LogP contribution in [0.25, 0.3) is 0 Å². The van der Waals surface area contributed by atoms with E-state index in [1.165, 1.54) is 5.56 Å². The van der Waals surface area contributed by atoms with Crippen LogP contribution in [0.5, 0.6) is 5.75 Å². The minimum atomic E-state index is -0.502. The van der Waals surface area contributed by atoms with E-state index in [-0.39, 0.29) is 30.7 Å². The molecule has 1 fully saturated rings. The number of amides is 3. The first kappa shape index (κ1) is 24.0. The van der Waals surface area contributed by atoms with E-state index in [0.717, 1.165) is 17.7 Å². The smallest absolute Gasteiger partial charge is 0.253 e. The van der Waals surface area contributed by atoms with Crippen LogP contribution in [0.4, 0.5) is 11.4 Å². The summed E-state index contributed by atoms with van der Waals surface area (Å²) in [6, 6.07) is 22.1. The van der Waals surface area contributed by atoms with E-state index in [0.29, 0.717) is 23.5 Å². The number of carbonyl (C=O) groups excluding carboxylic acids is 3. The maximum Gasteiger partial charge on any atom is 0.253 e. The molecule has 3 aromatic carbocycles. The second-order valence-electron chi connectivity index (χ2n) is 8.45. The van der Waals surface area contributed by atoms with Crippen molar-refractivity contribution in [3.63, 3.8) is 0 Å². The van der Waals surface area contributed by atoms with Gasteiger partial charge in [-0.1, -0.05) is 49.4 Å². The van der Waals surface area contributed by atoms with Crippen LogP contribution < -0.4 is 20.3 Å². The summed E-state index contributed by atoms with van der Waals surface area (Å²) in [5, 5.41) is 5.75. The number of carbonyl (C=O) groups is 3. The highest BCUT2D eigenvalue weighted by Crippen LogP contribution is 2.27. The van der Waals surface area contributed by atoms with E-state index in [4.69, 9.17) is 4.74 Å². The molecule has 4 rings (SSSR count). The SMILES string of the molecule is CCc1ccc(N2C[C@H](C(=O)Nc3ccccc3C(=O)NCc3ccccc3OC)CC2=O)cc1.